The van der Waals surface area contributed by atoms with E-state index >= 15 is 0 Å². The molecule has 4 nitrogen and oxygen atoms in total. The number of nitrogens with zero attached hydrogens (tertiary/aromatic N) is 2. The van der Waals surface area contributed by atoms with E-state index in [-0.39, 0.29) is 0 Å². The highest BCUT2D eigenvalue weighted by atomic mass is 35.5. The molecule has 1 atom stereocenters. The minimum atomic E-state index is -0.990. The van der Waals surface area contributed by atoms with E-state index in [2.05, 4.69) is 16.2 Å². The number of rotatable bonds is 6. The van der Waals surface area contributed by atoms with E-state index in [4.69, 9.17) is 16.6 Å². The summed E-state index contributed by atoms with van der Waals surface area (Å²) >= 11 is 7.45. The van der Waals surface area contributed by atoms with Gasteiger partial charge in [-0.25, -0.2) is 4.98 Å². The van der Waals surface area contributed by atoms with Crippen molar-refractivity contribution < 1.29 is 4.21 Å². The number of aryl methyl sites for hydroxylation is 1. The predicted octanol–water partition coefficient (Wildman–Crippen LogP) is 4.24. The maximum Gasteiger partial charge on any atom is 0.124 e. The molecule has 0 aliphatic heterocycles. The third-order valence-electron chi connectivity index (χ3n) is 3.68. The Balaban J connectivity index is 1.78. The summed E-state index contributed by atoms with van der Waals surface area (Å²) in [6.07, 6.45) is 1.69. The van der Waals surface area contributed by atoms with Crippen LogP contribution in [0.3, 0.4) is 0 Å². The third-order valence-corrected chi connectivity index (χ3v) is 5.65. The Kier molecular flexibility index (Phi) is 5.61. The molecule has 7 heteroatoms. The van der Waals surface area contributed by atoms with Crippen molar-refractivity contribution in [1.82, 2.24) is 14.3 Å². The van der Waals surface area contributed by atoms with E-state index in [1.54, 1.807) is 18.2 Å². The molecule has 0 saturated heterocycles. The third kappa shape index (κ3) is 3.83. The van der Waals surface area contributed by atoms with Crippen molar-refractivity contribution in [2.75, 3.05) is 6.26 Å². The maximum absolute atomic E-state index is 11.7. The molecule has 24 heavy (non-hydrogen) atoms. The fourth-order valence-electron chi connectivity index (χ4n) is 2.51. The van der Waals surface area contributed by atoms with Gasteiger partial charge in [0.15, 0.2) is 0 Å². The lowest BCUT2D eigenvalue weighted by atomic mass is 10.3. The van der Waals surface area contributed by atoms with Gasteiger partial charge in [0.2, 0.25) is 0 Å². The fraction of sp³-hybridized carbons (Fsp3) is 0.235. The molecule has 0 bridgehead atoms. The monoisotopic (exact) mass is 379 g/mol. The number of aromatic nitrogens is 2. The van der Waals surface area contributed by atoms with Gasteiger partial charge < -0.3 is 4.57 Å². The van der Waals surface area contributed by atoms with Crippen LogP contribution in [0.5, 0.6) is 0 Å². The minimum Gasteiger partial charge on any atom is -0.327 e. The van der Waals surface area contributed by atoms with Gasteiger partial charge in [0.25, 0.3) is 0 Å². The highest BCUT2D eigenvalue weighted by Gasteiger charge is 2.11. The Morgan fingerprint density at radius 3 is 2.67 bits per heavy atom. The zero-order valence-corrected chi connectivity index (χ0v) is 15.8. The normalized spacial score (nSPS) is 12.6. The molecule has 3 rings (SSSR count). The van der Waals surface area contributed by atoms with Crippen molar-refractivity contribution in [1.29, 1.82) is 0 Å². The number of fused-ring (bicyclic) bond motifs is 1. The van der Waals surface area contributed by atoms with E-state index in [1.807, 2.05) is 42.5 Å². The van der Waals surface area contributed by atoms with Crippen molar-refractivity contribution in [3.8, 4) is 0 Å². The quantitative estimate of drug-likeness (QED) is 0.650. The average Bonchev–Trinajstić information content (AvgIpc) is 2.93. The first kappa shape index (κ1) is 17.5. The number of hydrogen-bond acceptors (Lipinski definition) is 4. The van der Waals surface area contributed by atoms with Crippen LogP contribution in [-0.2, 0) is 23.9 Å². The van der Waals surface area contributed by atoms with Crippen molar-refractivity contribution in [3.05, 3.63) is 53.3 Å². The lowest BCUT2D eigenvalue weighted by Gasteiger charge is -2.07. The summed E-state index contributed by atoms with van der Waals surface area (Å²) in [5, 5.41) is 0.733. The Morgan fingerprint density at radius 2 is 2.00 bits per heavy atom. The Labute approximate surface area is 153 Å². The van der Waals surface area contributed by atoms with Crippen LogP contribution in [-0.4, -0.2) is 20.0 Å². The van der Waals surface area contributed by atoms with Crippen LogP contribution in [0, 0.1) is 0 Å². The van der Waals surface area contributed by atoms with Crippen LogP contribution in [0.25, 0.3) is 11.0 Å². The molecular weight excluding hydrogens is 362 g/mol. The van der Waals surface area contributed by atoms with Gasteiger partial charge in [-0.3, -0.25) is 8.93 Å². The van der Waals surface area contributed by atoms with Crippen molar-refractivity contribution in [3.63, 3.8) is 0 Å². The Bertz CT molecular complexity index is 877. The standard InChI is InChI=1S/C17H18ClN3OS2/c1-3-21-16-10-14(24(2)22)8-9-15(16)20-17(21)11-19-23-13-6-4-12(18)5-7-13/h4-10,19H,3,11H2,1-2H3. The highest BCUT2D eigenvalue weighted by Crippen LogP contribution is 2.21. The zero-order valence-electron chi connectivity index (χ0n) is 13.5. The Hall–Kier alpha value is -1.34. The first-order valence-corrected chi connectivity index (χ1v) is 10.3. The van der Waals surface area contributed by atoms with Crippen molar-refractivity contribution >= 4 is 45.4 Å². The number of imidazole rings is 1. The lowest BCUT2D eigenvalue weighted by molar-refractivity contribution is 0.686. The van der Waals surface area contributed by atoms with E-state index < -0.39 is 10.8 Å². The lowest BCUT2D eigenvalue weighted by Crippen LogP contribution is -2.10. The molecule has 1 aromatic heterocycles. The summed E-state index contributed by atoms with van der Waals surface area (Å²) in [5.41, 5.74) is 1.96. The molecular formula is C17H18ClN3OS2. The molecule has 0 radical (unpaired) electrons. The van der Waals surface area contributed by atoms with Gasteiger partial charge in [-0.15, -0.1) is 0 Å². The van der Waals surface area contributed by atoms with E-state index in [1.165, 1.54) is 0 Å². The van der Waals surface area contributed by atoms with Crippen LogP contribution < -0.4 is 4.72 Å². The molecule has 0 amide bonds. The predicted molar refractivity (Wildman–Crippen MR) is 102 cm³/mol. The molecule has 3 aromatic rings. The molecule has 0 spiro atoms. The molecule has 1 N–H and O–H groups in total. The fourth-order valence-corrected chi connectivity index (χ4v) is 3.81. The van der Waals surface area contributed by atoms with Crippen LogP contribution in [0.1, 0.15) is 12.7 Å². The molecule has 2 aromatic carbocycles. The highest BCUT2D eigenvalue weighted by molar-refractivity contribution is 7.97. The van der Waals surface area contributed by atoms with Gasteiger partial charge >= 0.3 is 0 Å². The molecule has 0 aliphatic rings. The topological polar surface area (TPSA) is 46.9 Å². The summed E-state index contributed by atoms with van der Waals surface area (Å²) in [6.45, 7) is 3.55. The molecule has 1 unspecified atom stereocenters. The summed E-state index contributed by atoms with van der Waals surface area (Å²) < 4.78 is 17.2. The van der Waals surface area contributed by atoms with E-state index in [0.717, 1.165) is 38.2 Å². The van der Waals surface area contributed by atoms with Crippen LogP contribution >= 0.6 is 23.5 Å². The number of hydrogen-bond donors (Lipinski definition) is 1. The maximum atomic E-state index is 11.7. The smallest absolute Gasteiger partial charge is 0.124 e. The Morgan fingerprint density at radius 1 is 1.25 bits per heavy atom. The average molecular weight is 380 g/mol. The SMILES string of the molecule is CCn1c(CNSc2ccc(Cl)cc2)nc2ccc(S(C)=O)cc21. The van der Waals surface area contributed by atoms with Gasteiger partial charge in [-0.05, 0) is 61.3 Å². The van der Waals surface area contributed by atoms with Gasteiger partial charge in [-0.1, -0.05) is 11.6 Å². The largest absolute Gasteiger partial charge is 0.327 e. The first-order valence-electron chi connectivity index (χ1n) is 7.56. The second kappa shape index (κ2) is 7.70. The van der Waals surface area contributed by atoms with Crippen molar-refractivity contribution in [2.45, 2.75) is 29.8 Å². The van der Waals surface area contributed by atoms with Gasteiger partial charge in [0, 0.05) is 38.4 Å². The van der Waals surface area contributed by atoms with Crippen LogP contribution in [0.15, 0.2) is 52.3 Å². The molecule has 0 aliphatic carbocycles. The summed E-state index contributed by atoms with van der Waals surface area (Å²) in [7, 11) is -0.990. The minimum absolute atomic E-state index is 0.639. The van der Waals surface area contributed by atoms with Gasteiger partial charge in [0.05, 0.1) is 17.6 Å². The number of halogens is 1. The molecule has 0 fully saturated rings. The number of nitrogens with one attached hydrogen (secondary N) is 1. The summed E-state index contributed by atoms with van der Waals surface area (Å²) in [4.78, 5) is 6.62. The first-order chi connectivity index (χ1) is 11.6. The zero-order chi connectivity index (χ0) is 17.1. The second-order valence-corrected chi connectivity index (χ2v) is 8.03. The number of benzene rings is 2. The van der Waals surface area contributed by atoms with Crippen LogP contribution in [0.2, 0.25) is 5.02 Å². The van der Waals surface area contributed by atoms with Gasteiger partial charge in [-0.2, -0.15) is 0 Å². The van der Waals surface area contributed by atoms with Crippen LogP contribution in [0.4, 0.5) is 0 Å². The van der Waals surface area contributed by atoms with E-state index in [9.17, 15) is 4.21 Å². The van der Waals surface area contributed by atoms with Gasteiger partial charge in [0.1, 0.15) is 5.82 Å². The molecule has 126 valence electrons. The van der Waals surface area contributed by atoms with Crippen molar-refractivity contribution in [2.24, 2.45) is 0 Å². The molecule has 1 heterocycles. The van der Waals surface area contributed by atoms with E-state index in [0.29, 0.717) is 6.54 Å². The summed E-state index contributed by atoms with van der Waals surface area (Å²) in [6, 6.07) is 13.5. The molecule has 0 saturated carbocycles. The summed E-state index contributed by atoms with van der Waals surface area (Å²) in [5.74, 6) is 0.966. The second-order valence-electron chi connectivity index (χ2n) is 5.25.